The number of amides is 1. The second kappa shape index (κ2) is 4.27. The van der Waals surface area contributed by atoms with Crippen LogP contribution in [0.5, 0.6) is 0 Å². The van der Waals surface area contributed by atoms with Crippen molar-refractivity contribution in [2.75, 3.05) is 0 Å². The minimum absolute atomic E-state index is 0.164. The van der Waals surface area contributed by atoms with E-state index in [0.717, 1.165) is 25.2 Å². The molecule has 1 amide bonds. The summed E-state index contributed by atoms with van der Waals surface area (Å²) in [5, 5.41) is 3.47. The number of fused-ring (bicyclic) bond motifs is 4. The lowest BCUT2D eigenvalue weighted by molar-refractivity contribution is -0.138. The first-order valence-corrected chi connectivity index (χ1v) is 9.77. The van der Waals surface area contributed by atoms with Gasteiger partial charge in [-0.05, 0) is 54.3 Å². The first-order chi connectivity index (χ1) is 10.9. The molecule has 3 nitrogen and oxygen atoms in total. The van der Waals surface area contributed by atoms with Crippen LogP contribution < -0.4 is 5.32 Å². The van der Waals surface area contributed by atoms with Gasteiger partial charge in [0.1, 0.15) is 5.78 Å². The van der Waals surface area contributed by atoms with E-state index < -0.39 is 5.41 Å². The molecule has 0 unspecified atom stereocenters. The topological polar surface area (TPSA) is 46.2 Å². The average molecular weight is 332 g/mol. The summed E-state index contributed by atoms with van der Waals surface area (Å²) in [4.78, 5) is 26.1. The Labute approximate surface area is 146 Å². The number of nitrogens with one attached hydrogen (secondary N) is 1. The monoisotopic (exact) mass is 331 g/mol. The summed E-state index contributed by atoms with van der Waals surface area (Å²) in [5.41, 5.74) is -0.551. The number of hydrogen-bond donors (Lipinski definition) is 1. The Hall–Kier alpha value is -0.860. The van der Waals surface area contributed by atoms with Crippen LogP contribution >= 0.6 is 0 Å². The predicted octanol–water partition coefficient (Wildman–Crippen LogP) is 4.10. The molecular weight excluding hydrogens is 298 g/mol. The highest BCUT2D eigenvalue weighted by atomic mass is 16.2. The van der Waals surface area contributed by atoms with Gasteiger partial charge in [0, 0.05) is 17.9 Å². The molecule has 0 aromatic carbocycles. The van der Waals surface area contributed by atoms with E-state index in [2.05, 4.69) is 46.9 Å². The third kappa shape index (κ3) is 1.48. The molecule has 4 fully saturated rings. The van der Waals surface area contributed by atoms with Crippen molar-refractivity contribution in [3.8, 4) is 0 Å². The van der Waals surface area contributed by atoms with Gasteiger partial charge in [-0.3, -0.25) is 9.59 Å². The standard InChI is InChI=1S/C21H33NO2/c1-17(2)13-7-8-19(17,5)14(11-13)22-16(24)21-10-9-20(6,15(23)12-21)18(21,3)4/h13-14H,7-12H2,1-6H3,(H,22,24)/t13-,14-,19-,20-,21+/m1/s1. The van der Waals surface area contributed by atoms with E-state index in [4.69, 9.17) is 0 Å². The van der Waals surface area contributed by atoms with Crippen LogP contribution in [0.2, 0.25) is 0 Å². The number of ketones is 1. The maximum absolute atomic E-state index is 13.5. The Kier molecular flexibility index (Phi) is 2.95. The van der Waals surface area contributed by atoms with Gasteiger partial charge in [-0.15, -0.1) is 0 Å². The molecular formula is C21H33NO2. The molecule has 4 saturated carbocycles. The predicted molar refractivity (Wildman–Crippen MR) is 94.3 cm³/mol. The minimum Gasteiger partial charge on any atom is -0.352 e. The highest BCUT2D eigenvalue weighted by Crippen LogP contribution is 2.71. The maximum Gasteiger partial charge on any atom is 0.227 e. The molecule has 0 saturated heterocycles. The second-order valence-electron chi connectivity index (χ2n) is 10.8. The largest absolute Gasteiger partial charge is 0.352 e. The lowest BCUT2D eigenvalue weighted by Crippen LogP contribution is -2.54. The molecule has 0 aromatic rings. The van der Waals surface area contributed by atoms with Crippen molar-refractivity contribution in [1.29, 1.82) is 0 Å². The third-order valence-electron chi connectivity index (χ3n) is 10.2. The zero-order chi connectivity index (χ0) is 17.8. The number of Topliss-reactive ketones (excluding diaryl/α,β-unsaturated/α-hetero) is 1. The van der Waals surface area contributed by atoms with Crippen LogP contribution in [0.15, 0.2) is 0 Å². The van der Waals surface area contributed by atoms with Crippen LogP contribution in [0.1, 0.15) is 80.1 Å². The van der Waals surface area contributed by atoms with E-state index in [-0.39, 0.29) is 28.2 Å². The van der Waals surface area contributed by atoms with Gasteiger partial charge in [0.05, 0.1) is 5.41 Å². The molecule has 0 spiro atoms. The first kappa shape index (κ1) is 16.6. The van der Waals surface area contributed by atoms with E-state index in [9.17, 15) is 9.59 Å². The number of carbonyl (C=O) groups excluding carboxylic acids is 2. The van der Waals surface area contributed by atoms with Crippen LogP contribution in [-0.2, 0) is 9.59 Å². The molecule has 5 atom stereocenters. The van der Waals surface area contributed by atoms with E-state index in [1.807, 2.05) is 0 Å². The molecule has 4 bridgehead atoms. The van der Waals surface area contributed by atoms with E-state index in [1.165, 1.54) is 12.8 Å². The van der Waals surface area contributed by atoms with E-state index in [1.54, 1.807) is 0 Å². The SMILES string of the molecule is CC1(C)[C@@]2(C(=O)N[C@@H]3C[C@H]4CC[C@@]3(C)C4(C)C)CC[C@]1(C)C(=O)C2. The van der Waals surface area contributed by atoms with Gasteiger partial charge >= 0.3 is 0 Å². The quantitative estimate of drug-likeness (QED) is 0.828. The van der Waals surface area contributed by atoms with Gasteiger partial charge in [-0.1, -0.05) is 41.5 Å². The van der Waals surface area contributed by atoms with Crippen LogP contribution in [-0.4, -0.2) is 17.7 Å². The van der Waals surface area contributed by atoms with Crippen molar-refractivity contribution < 1.29 is 9.59 Å². The molecule has 4 rings (SSSR count). The van der Waals surface area contributed by atoms with Gasteiger partial charge in [0.25, 0.3) is 0 Å². The summed E-state index contributed by atoms with van der Waals surface area (Å²) in [6.07, 6.45) is 5.79. The summed E-state index contributed by atoms with van der Waals surface area (Å²) in [5.74, 6) is 1.18. The normalized spacial score (nSPS) is 50.5. The summed E-state index contributed by atoms with van der Waals surface area (Å²) in [7, 11) is 0. The van der Waals surface area contributed by atoms with Gasteiger partial charge in [-0.2, -0.15) is 0 Å². The fraction of sp³-hybridized carbons (Fsp3) is 0.905. The van der Waals surface area contributed by atoms with Gasteiger partial charge in [0.2, 0.25) is 5.91 Å². The molecule has 1 N–H and O–H groups in total. The minimum atomic E-state index is -0.485. The van der Waals surface area contributed by atoms with E-state index >= 15 is 0 Å². The van der Waals surface area contributed by atoms with Crippen molar-refractivity contribution >= 4 is 11.7 Å². The van der Waals surface area contributed by atoms with Gasteiger partial charge in [0.15, 0.2) is 0 Å². The van der Waals surface area contributed by atoms with Crippen LogP contribution in [0.4, 0.5) is 0 Å². The average Bonchev–Trinajstić information content (AvgIpc) is 2.97. The van der Waals surface area contributed by atoms with Crippen LogP contribution in [0.3, 0.4) is 0 Å². The molecule has 0 aliphatic heterocycles. The Bertz CT molecular complexity index is 636. The summed E-state index contributed by atoms with van der Waals surface area (Å²) in [6.45, 7) is 13.5. The zero-order valence-corrected chi connectivity index (χ0v) is 16.2. The van der Waals surface area contributed by atoms with Crippen molar-refractivity contribution in [2.45, 2.75) is 86.1 Å². The van der Waals surface area contributed by atoms with Crippen molar-refractivity contribution in [2.24, 2.45) is 33.0 Å². The molecule has 0 heterocycles. The Morgan fingerprint density at radius 1 is 1.04 bits per heavy atom. The lowest BCUT2D eigenvalue weighted by Gasteiger charge is -2.43. The van der Waals surface area contributed by atoms with Gasteiger partial charge < -0.3 is 5.32 Å². The molecule has 3 heteroatoms. The van der Waals surface area contributed by atoms with E-state index in [0.29, 0.717) is 17.6 Å². The molecule has 0 aromatic heterocycles. The number of carbonyl (C=O) groups is 2. The Balaban J connectivity index is 1.62. The maximum atomic E-state index is 13.5. The lowest BCUT2D eigenvalue weighted by atomic mass is 9.64. The second-order valence-corrected chi connectivity index (χ2v) is 10.8. The molecule has 134 valence electrons. The third-order valence-corrected chi connectivity index (χ3v) is 10.2. The van der Waals surface area contributed by atoms with Gasteiger partial charge in [-0.25, -0.2) is 0 Å². The van der Waals surface area contributed by atoms with Crippen LogP contribution in [0, 0.1) is 33.0 Å². The summed E-state index contributed by atoms with van der Waals surface area (Å²) >= 11 is 0. The molecule has 4 aliphatic rings. The smallest absolute Gasteiger partial charge is 0.227 e. The Morgan fingerprint density at radius 3 is 2.12 bits per heavy atom. The first-order valence-electron chi connectivity index (χ1n) is 9.77. The highest BCUT2D eigenvalue weighted by molar-refractivity contribution is 5.99. The molecule has 0 radical (unpaired) electrons. The summed E-state index contributed by atoms with van der Waals surface area (Å²) in [6, 6.07) is 0.270. The van der Waals surface area contributed by atoms with Crippen molar-refractivity contribution in [1.82, 2.24) is 5.32 Å². The fourth-order valence-electron chi connectivity index (χ4n) is 7.08. The highest BCUT2D eigenvalue weighted by Gasteiger charge is 2.73. The Morgan fingerprint density at radius 2 is 1.71 bits per heavy atom. The number of rotatable bonds is 2. The van der Waals surface area contributed by atoms with Crippen molar-refractivity contribution in [3.05, 3.63) is 0 Å². The molecule has 4 aliphatic carbocycles. The van der Waals surface area contributed by atoms with Crippen LogP contribution in [0.25, 0.3) is 0 Å². The summed E-state index contributed by atoms with van der Waals surface area (Å²) < 4.78 is 0. The number of hydrogen-bond acceptors (Lipinski definition) is 2. The molecule has 24 heavy (non-hydrogen) atoms. The zero-order valence-electron chi connectivity index (χ0n) is 16.2. The van der Waals surface area contributed by atoms with Crippen molar-refractivity contribution in [3.63, 3.8) is 0 Å². The fourth-order valence-corrected chi connectivity index (χ4v) is 7.08.